The minimum absolute atomic E-state index is 0.580. The Morgan fingerprint density at radius 1 is 1.12 bits per heavy atom. The number of ether oxygens (including phenoxy) is 1. The largest absolute Gasteiger partial charge is 0.442 e. The monoisotopic (exact) mass is 223 g/mol. The van der Waals surface area contributed by atoms with Crippen LogP contribution in [-0.4, -0.2) is 16.5 Å². The maximum atomic E-state index is 5.52. The molecule has 82 valence electrons. The van der Waals surface area contributed by atoms with Crippen molar-refractivity contribution in [2.45, 2.75) is 0 Å². The lowest BCUT2D eigenvalue weighted by molar-refractivity contribution is 0.446. The number of anilines is 1. The van der Waals surface area contributed by atoms with Crippen LogP contribution in [-0.2, 0) is 0 Å². The zero-order valence-electron chi connectivity index (χ0n) is 9.00. The molecule has 4 rings (SSSR count). The lowest BCUT2D eigenvalue weighted by atomic mass is 10.3. The Balaban J connectivity index is 1.97. The summed E-state index contributed by atoms with van der Waals surface area (Å²) < 4.78 is 5.52. The summed E-state index contributed by atoms with van der Waals surface area (Å²) in [7, 11) is 0. The Hall–Kier alpha value is -2.36. The fraction of sp³-hybridized carbons (Fsp3) is 0.0769. The van der Waals surface area contributed by atoms with Crippen molar-refractivity contribution in [1.29, 1.82) is 0 Å². The van der Waals surface area contributed by atoms with Crippen molar-refractivity contribution >= 4 is 16.9 Å². The molecule has 4 heteroatoms. The Morgan fingerprint density at radius 3 is 2.82 bits per heavy atom. The van der Waals surface area contributed by atoms with E-state index in [0.717, 1.165) is 29.1 Å². The van der Waals surface area contributed by atoms with E-state index in [9.17, 15) is 0 Å². The van der Waals surface area contributed by atoms with E-state index in [1.807, 2.05) is 30.3 Å². The number of hydrogen-bond donors (Lipinski definition) is 0. The molecule has 1 aromatic carbocycles. The van der Waals surface area contributed by atoms with Gasteiger partial charge in [0.15, 0.2) is 5.82 Å². The van der Waals surface area contributed by atoms with Gasteiger partial charge in [0.25, 0.3) is 5.88 Å². The maximum Gasteiger partial charge on any atom is 0.263 e. The third kappa shape index (κ3) is 1.18. The lowest BCUT2D eigenvalue weighted by Gasteiger charge is -2.24. The second-order valence-electron chi connectivity index (χ2n) is 4.01. The predicted molar refractivity (Wildman–Crippen MR) is 64.7 cm³/mol. The fourth-order valence-corrected chi connectivity index (χ4v) is 2.13. The summed E-state index contributed by atoms with van der Waals surface area (Å²) in [6.45, 7) is 0.829. The van der Waals surface area contributed by atoms with Gasteiger partial charge in [0.05, 0.1) is 16.7 Å². The van der Waals surface area contributed by atoms with E-state index in [1.165, 1.54) is 0 Å². The second-order valence-corrected chi connectivity index (χ2v) is 4.01. The average Bonchev–Trinajstić information content (AvgIpc) is 2.85. The Kier molecular flexibility index (Phi) is 1.58. The number of aromatic nitrogens is 2. The minimum Gasteiger partial charge on any atom is -0.442 e. The van der Waals surface area contributed by atoms with Gasteiger partial charge in [0.1, 0.15) is 6.26 Å². The first kappa shape index (κ1) is 8.75. The summed E-state index contributed by atoms with van der Waals surface area (Å²) in [5, 5.41) is 0. The number of hydrogen-bond acceptors (Lipinski definition) is 4. The van der Waals surface area contributed by atoms with E-state index in [4.69, 9.17) is 4.74 Å². The summed E-state index contributed by atoms with van der Waals surface area (Å²) >= 11 is 0. The van der Waals surface area contributed by atoms with Gasteiger partial charge >= 0.3 is 0 Å². The maximum absolute atomic E-state index is 5.52. The average molecular weight is 223 g/mol. The van der Waals surface area contributed by atoms with E-state index < -0.39 is 0 Å². The van der Waals surface area contributed by atoms with Crippen LogP contribution in [0.1, 0.15) is 0 Å². The second kappa shape index (κ2) is 3.07. The molecule has 0 amide bonds. The van der Waals surface area contributed by atoms with Crippen LogP contribution in [0, 0.1) is 0 Å². The summed E-state index contributed by atoms with van der Waals surface area (Å²) in [6, 6.07) is 7.81. The number of para-hydroxylation sites is 2. The predicted octanol–water partition coefficient (Wildman–Crippen LogP) is 2.24. The van der Waals surface area contributed by atoms with Gasteiger partial charge in [-0.1, -0.05) is 18.2 Å². The molecule has 0 aliphatic carbocycles. The Morgan fingerprint density at radius 2 is 1.94 bits per heavy atom. The molecule has 3 heterocycles. The molecule has 2 aliphatic heterocycles. The highest BCUT2D eigenvalue weighted by molar-refractivity contribution is 5.79. The zero-order chi connectivity index (χ0) is 11.2. The van der Waals surface area contributed by atoms with Crippen LogP contribution in [0.4, 0.5) is 5.82 Å². The van der Waals surface area contributed by atoms with Gasteiger partial charge in [-0.05, 0) is 18.2 Å². The first-order valence-corrected chi connectivity index (χ1v) is 5.49. The first-order chi connectivity index (χ1) is 8.42. The molecule has 0 atom stereocenters. The first-order valence-electron chi connectivity index (χ1n) is 5.49. The van der Waals surface area contributed by atoms with Crippen LogP contribution in [0.5, 0.6) is 5.88 Å². The van der Waals surface area contributed by atoms with E-state index in [0.29, 0.717) is 5.88 Å². The molecule has 0 bridgehead atoms. The normalized spacial score (nSPS) is 16.5. The van der Waals surface area contributed by atoms with Gasteiger partial charge in [-0.2, -0.15) is 0 Å². The Labute approximate surface area is 97.9 Å². The smallest absolute Gasteiger partial charge is 0.263 e. The SMILES string of the molecule is C1=CC2=COc3nc4ccccc4nc3N2C1. The van der Waals surface area contributed by atoms with Gasteiger partial charge in [0.2, 0.25) is 0 Å². The number of fused-ring (bicyclic) bond motifs is 4. The zero-order valence-corrected chi connectivity index (χ0v) is 9.00. The molecule has 17 heavy (non-hydrogen) atoms. The van der Waals surface area contributed by atoms with Gasteiger partial charge in [-0.3, -0.25) is 0 Å². The number of rotatable bonds is 0. The van der Waals surface area contributed by atoms with Gasteiger partial charge in [0, 0.05) is 6.54 Å². The van der Waals surface area contributed by atoms with E-state index in [1.54, 1.807) is 6.26 Å². The Bertz CT molecular complexity index is 675. The van der Waals surface area contributed by atoms with Crippen molar-refractivity contribution in [2.75, 3.05) is 11.4 Å². The standard InChI is InChI=1S/C13H9N3O/c1-2-6-11-10(5-1)14-12-13(15-11)17-8-9-4-3-7-16(9)12/h1-6,8H,7H2. The lowest BCUT2D eigenvalue weighted by Crippen LogP contribution is -2.23. The van der Waals surface area contributed by atoms with Crippen molar-refractivity contribution < 1.29 is 4.74 Å². The molecule has 0 radical (unpaired) electrons. The fourth-order valence-electron chi connectivity index (χ4n) is 2.13. The molecule has 2 aromatic rings. The molecule has 4 nitrogen and oxygen atoms in total. The highest BCUT2D eigenvalue weighted by atomic mass is 16.5. The molecule has 2 aliphatic rings. The van der Waals surface area contributed by atoms with Gasteiger partial charge in [-0.15, -0.1) is 0 Å². The van der Waals surface area contributed by atoms with Crippen LogP contribution in [0.3, 0.4) is 0 Å². The third-order valence-corrected chi connectivity index (χ3v) is 2.96. The van der Waals surface area contributed by atoms with Crippen molar-refractivity contribution in [1.82, 2.24) is 9.97 Å². The molecule has 0 unspecified atom stereocenters. The van der Waals surface area contributed by atoms with Crippen molar-refractivity contribution in [3.8, 4) is 5.88 Å². The molecule has 0 N–H and O–H groups in total. The number of nitrogens with zero attached hydrogens (tertiary/aromatic N) is 3. The van der Waals surface area contributed by atoms with Crippen LogP contribution in [0.15, 0.2) is 48.4 Å². The van der Waals surface area contributed by atoms with Crippen LogP contribution < -0.4 is 9.64 Å². The highest BCUT2D eigenvalue weighted by Crippen LogP contribution is 2.35. The van der Waals surface area contributed by atoms with E-state index in [-0.39, 0.29) is 0 Å². The van der Waals surface area contributed by atoms with Crippen LogP contribution in [0.25, 0.3) is 11.0 Å². The molecular weight excluding hydrogens is 214 g/mol. The van der Waals surface area contributed by atoms with Crippen LogP contribution >= 0.6 is 0 Å². The molecule has 0 saturated heterocycles. The number of benzene rings is 1. The minimum atomic E-state index is 0.580. The summed E-state index contributed by atoms with van der Waals surface area (Å²) in [5.74, 6) is 1.38. The summed E-state index contributed by atoms with van der Waals surface area (Å²) in [4.78, 5) is 11.2. The van der Waals surface area contributed by atoms with E-state index in [2.05, 4.69) is 20.9 Å². The van der Waals surface area contributed by atoms with Crippen LogP contribution in [0.2, 0.25) is 0 Å². The molecule has 1 aromatic heterocycles. The molecule has 0 saturated carbocycles. The molecule has 0 spiro atoms. The van der Waals surface area contributed by atoms with Gasteiger partial charge < -0.3 is 9.64 Å². The van der Waals surface area contributed by atoms with Crippen molar-refractivity contribution in [3.63, 3.8) is 0 Å². The summed E-state index contributed by atoms with van der Waals surface area (Å²) in [6.07, 6.45) is 5.83. The topological polar surface area (TPSA) is 38.3 Å². The molecule has 0 fully saturated rings. The highest BCUT2D eigenvalue weighted by Gasteiger charge is 2.25. The quantitative estimate of drug-likeness (QED) is 0.686. The van der Waals surface area contributed by atoms with Crippen molar-refractivity contribution in [3.05, 3.63) is 48.4 Å². The third-order valence-electron chi connectivity index (χ3n) is 2.96. The number of allylic oxidation sites excluding steroid dienone is 1. The van der Waals surface area contributed by atoms with Gasteiger partial charge in [-0.25, -0.2) is 9.97 Å². The van der Waals surface area contributed by atoms with E-state index >= 15 is 0 Å². The summed E-state index contributed by atoms with van der Waals surface area (Å²) in [5.41, 5.74) is 2.78. The molecular formula is C13H9N3O. The van der Waals surface area contributed by atoms with Crippen molar-refractivity contribution in [2.24, 2.45) is 0 Å².